The SMILES string of the molecule is CC1(C)CC1C(=O)NCCCC#N. The van der Waals surface area contributed by atoms with E-state index in [-0.39, 0.29) is 17.2 Å². The van der Waals surface area contributed by atoms with Crippen molar-refractivity contribution in [1.29, 1.82) is 5.26 Å². The Morgan fingerprint density at radius 2 is 2.31 bits per heavy atom. The van der Waals surface area contributed by atoms with E-state index in [2.05, 4.69) is 25.2 Å². The van der Waals surface area contributed by atoms with Crippen LogP contribution in [-0.2, 0) is 4.79 Å². The number of carbonyl (C=O) groups excluding carboxylic acids is 1. The molecule has 1 atom stereocenters. The van der Waals surface area contributed by atoms with Crippen LogP contribution in [0.1, 0.15) is 33.1 Å². The van der Waals surface area contributed by atoms with Gasteiger partial charge >= 0.3 is 0 Å². The molecule has 3 nitrogen and oxygen atoms in total. The van der Waals surface area contributed by atoms with Gasteiger partial charge < -0.3 is 5.32 Å². The van der Waals surface area contributed by atoms with Gasteiger partial charge in [0.05, 0.1) is 6.07 Å². The third kappa shape index (κ3) is 2.73. The van der Waals surface area contributed by atoms with Crippen LogP contribution in [0.15, 0.2) is 0 Å². The van der Waals surface area contributed by atoms with Crippen molar-refractivity contribution in [2.75, 3.05) is 6.54 Å². The number of carbonyl (C=O) groups is 1. The summed E-state index contributed by atoms with van der Waals surface area (Å²) < 4.78 is 0. The lowest BCUT2D eigenvalue weighted by molar-refractivity contribution is -0.122. The molecule has 1 aliphatic rings. The molecule has 0 aliphatic heterocycles. The van der Waals surface area contributed by atoms with Crippen LogP contribution in [0.5, 0.6) is 0 Å². The molecule has 0 heterocycles. The number of hydrogen-bond acceptors (Lipinski definition) is 2. The van der Waals surface area contributed by atoms with Crippen LogP contribution >= 0.6 is 0 Å². The van der Waals surface area contributed by atoms with Gasteiger partial charge in [0.2, 0.25) is 5.91 Å². The number of rotatable bonds is 4. The number of amides is 1. The highest BCUT2D eigenvalue weighted by Crippen LogP contribution is 2.51. The molecule has 0 radical (unpaired) electrons. The van der Waals surface area contributed by atoms with E-state index in [1.165, 1.54) is 0 Å². The Labute approximate surface area is 79.1 Å². The number of nitriles is 1. The van der Waals surface area contributed by atoms with Crippen molar-refractivity contribution in [3.8, 4) is 6.07 Å². The lowest BCUT2D eigenvalue weighted by Crippen LogP contribution is -2.27. The van der Waals surface area contributed by atoms with Gasteiger partial charge in [-0.05, 0) is 18.3 Å². The molecule has 0 aromatic carbocycles. The molecule has 0 bridgehead atoms. The van der Waals surface area contributed by atoms with Crippen molar-refractivity contribution < 1.29 is 4.79 Å². The van der Waals surface area contributed by atoms with Crippen LogP contribution in [0.4, 0.5) is 0 Å². The maximum absolute atomic E-state index is 11.4. The van der Waals surface area contributed by atoms with Gasteiger partial charge in [0.1, 0.15) is 0 Å². The van der Waals surface area contributed by atoms with Crippen LogP contribution in [0.2, 0.25) is 0 Å². The van der Waals surface area contributed by atoms with Crippen LogP contribution in [-0.4, -0.2) is 12.5 Å². The van der Waals surface area contributed by atoms with Crippen LogP contribution in [0.25, 0.3) is 0 Å². The summed E-state index contributed by atoms with van der Waals surface area (Å²) >= 11 is 0. The first kappa shape index (κ1) is 10.0. The molecule has 0 saturated heterocycles. The second kappa shape index (κ2) is 3.78. The minimum Gasteiger partial charge on any atom is -0.356 e. The Bertz CT molecular complexity index is 240. The molecule has 0 aromatic rings. The van der Waals surface area contributed by atoms with E-state index in [9.17, 15) is 4.79 Å². The summed E-state index contributed by atoms with van der Waals surface area (Å²) in [6.45, 7) is 4.85. The summed E-state index contributed by atoms with van der Waals surface area (Å²) in [4.78, 5) is 11.4. The zero-order chi connectivity index (χ0) is 9.90. The highest BCUT2D eigenvalue weighted by molar-refractivity contribution is 5.82. The van der Waals surface area contributed by atoms with E-state index in [4.69, 9.17) is 5.26 Å². The van der Waals surface area contributed by atoms with Gasteiger partial charge in [-0.25, -0.2) is 0 Å². The Kier molecular flexibility index (Phi) is 2.92. The standard InChI is InChI=1S/C10H16N2O/c1-10(2)7-8(10)9(13)12-6-4-3-5-11/h8H,3-4,6-7H2,1-2H3,(H,12,13). The molecular formula is C10H16N2O. The highest BCUT2D eigenvalue weighted by Gasteiger charge is 2.50. The largest absolute Gasteiger partial charge is 0.356 e. The fourth-order valence-corrected chi connectivity index (χ4v) is 1.42. The molecule has 1 N–H and O–H groups in total. The normalized spacial score (nSPS) is 23.3. The Hall–Kier alpha value is -1.04. The van der Waals surface area contributed by atoms with E-state index >= 15 is 0 Å². The average molecular weight is 180 g/mol. The summed E-state index contributed by atoms with van der Waals surface area (Å²) in [5.41, 5.74) is 0.208. The number of hydrogen-bond donors (Lipinski definition) is 1. The minimum absolute atomic E-state index is 0.155. The van der Waals surface area contributed by atoms with Crippen molar-refractivity contribution in [2.24, 2.45) is 11.3 Å². The molecule has 1 fully saturated rings. The lowest BCUT2D eigenvalue weighted by atomic mass is 10.1. The second-order valence-corrected chi connectivity index (χ2v) is 4.30. The van der Waals surface area contributed by atoms with Gasteiger partial charge in [0, 0.05) is 18.9 Å². The summed E-state index contributed by atoms with van der Waals surface area (Å²) in [5, 5.41) is 11.1. The molecule has 72 valence electrons. The van der Waals surface area contributed by atoms with E-state index in [1.807, 2.05) is 0 Å². The van der Waals surface area contributed by atoms with Gasteiger partial charge in [0.15, 0.2) is 0 Å². The molecule has 1 amide bonds. The van der Waals surface area contributed by atoms with Crippen molar-refractivity contribution in [3.05, 3.63) is 0 Å². The zero-order valence-electron chi connectivity index (χ0n) is 8.26. The summed E-state index contributed by atoms with van der Waals surface area (Å²) in [5.74, 6) is 0.359. The van der Waals surface area contributed by atoms with Crippen molar-refractivity contribution in [2.45, 2.75) is 33.1 Å². The quantitative estimate of drug-likeness (QED) is 0.666. The Balaban J connectivity index is 2.11. The number of nitrogens with one attached hydrogen (secondary N) is 1. The monoisotopic (exact) mass is 180 g/mol. The Morgan fingerprint density at radius 1 is 1.69 bits per heavy atom. The molecule has 0 spiro atoms. The minimum atomic E-state index is 0.155. The molecule has 0 aromatic heterocycles. The highest BCUT2D eigenvalue weighted by atomic mass is 16.2. The summed E-state index contributed by atoms with van der Waals surface area (Å²) in [6, 6.07) is 2.05. The maximum Gasteiger partial charge on any atom is 0.223 e. The predicted octanol–water partition coefficient (Wildman–Crippen LogP) is 1.45. The van der Waals surface area contributed by atoms with Crippen molar-refractivity contribution >= 4 is 5.91 Å². The first-order valence-corrected chi connectivity index (χ1v) is 4.72. The predicted molar refractivity (Wildman–Crippen MR) is 49.7 cm³/mol. The van der Waals surface area contributed by atoms with Gasteiger partial charge in [-0.1, -0.05) is 13.8 Å². The molecule has 13 heavy (non-hydrogen) atoms. The van der Waals surface area contributed by atoms with Crippen LogP contribution < -0.4 is 5.32 Å². The smallest absolute Gasteiger partial charge is 0.223 e. The lowest BCUT2D eigenvalue weighted by Gasteiger charge is -2.04. The van der Waals surface area contributed by atoms with E-state index in [1.54, 1.807) is 0 Å². The summed E-state index contributed by atoms with van der Waals surface area (Å²) in [7, 11) is 0. The maximum atomic E-state index is 11.4. The molecule has 1 saturated carbocycles. The van der Waals surface area contributed by atoms with E-state index < -0.39 is 0 Å². The van der Waals surface area contributed by atoms with Crippen molar-refractivity contribution in [3.63, 3.8) is 0 Å². The van der Waals surface area contributed by atoms with Gasteiger partial charge in [0.25, 0.3) is 0 Å². The topological polar surface area (TPSA) is 52.9 Å². The van der Waals surface area contributed by atoms with E-state index in [0.29, 0.717) is 13.0 Å². The molecular weight excluding hydrogens is 164 g/mol. The third-order valence-electron chi connectivity index (χ3n) is 2.59. The number of nitrogens with zero attached hydrogens (tertiary/aromatic N) is 1. The van der Waals surface area contributed by atoms with E-state index in [0.717, 1.165) is 12.8 Å². The average Bonchev–Trinajstić information content (AvgIpc) is 2.69. The summed E-state index contributed by atoms with van der Waals surface area (Å²) in [6.07, 6.45) is 2.28. The first-order chi connectivity index (χ1) is 6.08. The Morgan fingerprint density at radius 3 is 2.77 bits per heavy atom. The molecule has 1 aliphatic carbocycles. The fraction of sp³-hybridized carbons (Fsp3) is 0.800. The third-order valence-corrected chi connectivity index (χ3v) is 2.59. The van der Waals surface area contributed by atoms with Gasteiger partial charge in [-0.3, -0.25) is 4.79 Å². The second-order valence-electron chi connectivity index (χ2n) is 4.30. The first-order valence-electron chi connectivity index (χ1n) is 4.72. The van der Waals surface area contributed by atoms with Gasteiger partial charge in [-0.2, -0.15) is 5.26 Å². The van der Waals surface area contributed by atoms with Gasteiger partial charge in [-0.15, -0.1) is 0 Å². The zero-order valence-corrected chi connectivity index (χ0v) is 8.26. The van der Waals surface area contributed by atoms with Crippen LogP contribution in [0.3, 0.4) is 0 Å². The van der Waals surface area contributed by atoms with Crippen LogP contribution in [0, 0.1) is 22.7 Å². The van der Waals surface area contributed by atoms with Crippen molar-refractivity contribution in [1.82, 2.24) is 5.32 Å². The fourth-order valence-electron chi connectivity index (χ4n) is 1.42. The number of unbranched alkanes of at least 4 members (excludes halogenated alkanes) is 1. The molecule has 3 heteroatoms. The molecule has 1 unspecified atom stereocenters. The molecule has 1 rings (SSSR count).